The summed E-state index contributed by atoms with van der Waals surface area (Å²) in [6.45, 7) is 4.38. The van der Waals surface area contributed by atoms with Gasteiger partial charge in [0, 0.05) is 12.0 Å². The van der Waals surface area contributed by atoms with Crippen molar-refractivity contribution in [2.24, 2.45) is 5.92 Å². The van der Waals surface area contributed by atoms with E-state index in [4.69, 9.17) is 4.74 Å². The molecule has 0 aliphatic heterocycles. The van der Waals surface area contributed by atoms with Gasteiger partial charge in [-0.1, -0.05) is 26.0 Å². The first kappa shape index (κ1) is 17.2. The van der Waals surface area contributed by atoms with Crippen LogP contribution in [-0.4, -0.2) is 22.4 Å². The number of benzene rings is 1. The zero-order valence-corrected chi connectivity index (χ0v) is 15.9. The van der Waals surface area contributed by atoms with Crippen molar-refractivity contribution in [2.45, 2.75) is 26.8 Å². The van der Waals surface area contributed by atoms with Gasteiger partial charge < -0.3 is 9.30 Å². The van der Waals surface area contributed by atoms with Crippen molar-refractivity contribution in [2.75, 3.05) is 7.11 Å². The van der Waals surface area contributed by atoms with Gasteiger partial charge in [-0.05, 0) is 49.9 Å². The van der Waals surface area contributed by atoms with E-state index in [2.05, 4.69) is 36.8 Å². The molecule has 0 N–H and O–H groups in total. The van der Waals surface area contributed by atoms with Crippen LogP contribution >= 0.6 is 31.9 Å². The van der Waals surface area contributed by atoms with E-state index in [0.29, 0.717) is 23.5 Å². The van der Waals surface area contributed by atoms with E-state index in [0.717, 1.165) is 21.7 Å². The lowest BCUT2D eigenvalue weighted by Crippen LogP contribution is -2.13. The number of hydrogen-bond acceptors (Lipinski definition) is 3. The number of rotatable bonds is 6. The van der Waals surface area contributed by atoms with Crippen LogP contribution < -0.4 is 4.74 Å². The summed E-state index contributed by atoms with van der Waals surface area (Å²) < 4.78 is 8.59. The summed E-state index contributed by atoms with van der Waals surface area (Å²) in [6.07, 6.45) is 0.555. The van der Waals surface area contributed by atoms with E-state index in [-0.39, 0.29) is 5.78 Å². The van der Waals surface area contributed by atoms with Gasteiger partial charge >= 0.3 is 0 Å². The largest absolute Gasteiger partial charge is 0.497 e. The van der Waals surface area contributed by atoms with E-state index in [1.165, 1.54) is 0 Å². The van der Waals surface area contributed by atoms with Crippen LogP contribution in [0, 0.1) is 5.92 Å². The normalized spacial score (nSPS) is 11.0. The van der Waals surface area contributed by atoms with Gasteiger partial charge in [-0.15, -0.1) is 0 Å². The Hall–Kier alpha value is -1.14. The third-order valence-corrected chi connectivity index (χ3v) is 5.05. The maximum Gasteiger partial charge on any atom is 0.152 e. The molecule has 0 saturated carbocycles. The highest BCUT2D eigenvalue weighted by Gasteiger charge is 2.18. The van der Waals surface area contributed by atoms with Gasteiger partial charge in [-0.3, -0.25) is 4.79 Å². The van der Waals surface area contributed by atoms with Crippen molar-refractivity contribution < 1.29 is 9.53 Å². The number of halogens is 2. The summed E-state index contributed by atoms with van der Waals surface area (Å²) in [6, 6.07) is 7.65. The second-order valence-corrected chi connectivity index (χ2v) is 6.97. The summed E-state index contributed by atoms with van der Waals surface area (Å²) in [5.41, 5.74) is 0.906. The molecule has 1 heterocycles. The van der Waals surface area contributed by atoms with E-state index in [1.54, 1.807) is 7.11 Å². The summed E-state index contributed by atoms with van der Waals surface area (Å²) in [5.74, 6) is 2.02. The van der Waals surface area contributed by atoms with Crippen molar-refractivity contribution >= 4 is 37.6 Å². The molecular weight excluding hydrogens is 412 g/mol. The Bertz CT molecular complexity index is 681. The van der Waals surface area contributed by atoms with Gasteiger partial charge in [-0.2, -0.15) is 0 Å². The lowest BCUT2D eigenvalue weighted by atomic mass is 10.1. The molecule has 6 heteroatoms. The summed E-state index contributed by atoms with van der Waals surface area (Å²) >= 11 is 6.92. The smallest absolute Gasteiger partial charge is 0.152 e. The van der Waals surface area contributed by atoms with Gasteiger partial charge in [0.25, 0.3) is 0 Å². The lowest BCUT2D eigenvalue weighted by molar-refractivity contribution is -0.120. The lowest BCUT2D eigenvalue weighted by Gasteiger charge is -2.10. The molecule has 0 radical (unpaired) electrons. The van der Waals surface area contributed by atoms with Gasteiger partial charge in [0.15, 0.2) is 5.78 Å². The maximum absolute atomic E-state index is 12.2. The van der Waals surface area contributed by atoms with E-state index in [9.17, 15) is 4.79 Å². The van der Waals surface area contributed by atoms with Gasteiger partial charge in [0.1, 0.15) is 20.8 Å². The van der Waals surface area contributed by atoms with Crippen LogP contribution in [0.5, 0.6) is 5.75 Å². The molecule has 118 valence electrons. The third-order valence-electron chi connectivity index (χ3n) is 3.17. The highest BCUT2D eigenvalue weighted by molar-refractivity contribution is 9.13. The molecule has 2 aromatic rings. The summed E-state index contributed by atoms with van der Waals surface area (Å²) in [5, 5.41) is 0. The third kappa shape index (κ3) is 3.98. The SMILES string of the molecule is COc1cccc(-c2nc(Br)c(Br)n2CC(=O)CC(C)C)c1. The maximum atomic E-state index is 12.2. The molecule has 22 heavy (non-hydrogen) atoms. The van der Waals surface area contributed by atoms with Crippen molar-refractivity contribution in [3.8, 4) is 17.1 Å². The summed E-state index contributed by atoms with van der Waals surface area (Å²) in [4.78, 5) is 16.7. The number of nitrogens with zero attached hydrogens (tertiary/aromatic N) is 2. The molecule has 0 fully saturated rings. The van der Waals surface area contributed by atoms with Crippen LogP contribution in [-0.2, 0) is 11.3 Å². The zero-order chi connectivity index (χ0) is 16.3. The monoisotopic (exact) mass is 428 g/mol. The second kappa shape index (κ2) is 7.42. The zero-order valence-electron chi connectivity index (χ0n) is 12.8. The Morgan fingerprint density at radius 2 is 2.09 bits per heavy atom. The van der Waals surface area contributed by atoms with Crippen LogP contribution in [0.4, 0.5) is 0 Å². The first-order valence-electron chi connectivity index (χ1n) is 7.00. The Balaban J connectivity index is 2.39. The van der Waals surface area contributed by atoms with Gasteiger partial charge in [0.2, 0.25) is 0 Å². The van der Waals surface area contributed by atoms with E-state index < -0.39 is 0 Å². The topological polar surface area (TPSA) is 44.1 Å². The van der Waals surface area contributed by atoms with Crippen LogP contribution in [0.1, 0.15) is 20.3 Å². The molecule has 0 atom stereocenters. The first-order valence-corrected chi connectivity index (χ1v) is 8.58. The molecule has 2 rings (SSSR count). The van der Waals surface area contributed by atoms with E-state index in [1.807, 2.05) is 42.7 Å². The fourth-order valence-corrected chi connectivity index (χ4v) is 2.99. The first-order chi connectivity index (χ1) is 10.4. The number of hydrogen-bond donors (Lipinski definition) is 0. The minimum absolute atomic E-state index is 0.185. The minimum Gasteiger partial charge on any atom is -0.497 e. The fourth-order valence-electron chi connectivity index (χ4n) is 2.23. The highest BCUT2D eigenvalue weighted by atomic mass is 79.9. The Morgan fingerprint density at radius 1 is 1.36 bits per heavy atom. The van der Waals surface area contributed by atoms with Crippen LogP contribution in [0.25, 0.3) is 11.4 Å². The number of imidazole rings is 1. The number of methoxy groups -OCH3 is 1. The standard InChI is InChI=1S/C16H18Br2N2O2/c1-10(2)7-12(21)9-20-15(18)14(17)19-16(20)11-5-4-6-13(8-11)22-3/h4-6,8,10H,7,9H2,1-3H3. The molecular formula is C16H18Br2N2O2. The molecule has 0 aliphatic rings. The molecule has 0 amide bonds. The molecule has 4 nitrogen and oxygen atoms in total. The second-order valence-electron chi connectivity index (χ2n) is 5.47. The molecule has 0 saturated heterocycles. The van der Waals surface area contributed by atoms with Crippen molar-refractivity contribution in [1.29, 1.82) is 0 Å². The molecule has 0 aliphatic carbocycles. The Kier molecular flexibility index (Phi) is 5.81. The predicted octanol–water partition coefficient (Wildman–Crippen LogP) is 4.70. The predicted molar refractivity (Wildman–Crippen MR) is 94.1 cm³/mol. The number of Topliss-reactive ketones (excluding diaryl/α,β-unsaturated/α-hetero) is 1. The van der Waals surface area contributed by atoms with Gasteiger partial charge in [-0.25, -0.2) is 4.98 Å². The Morgan fingerprint density at radius 3 is 2.73 bits per heavy atom. The van der Waals surface area contributed by atoms with Crippen LogP contribution in [0.15, 0.2) is 33.5 Å². The number of ketones is 1. The summed E-state index contributed by atoms with van der Waals surface area (Å²) in [7, 11) is 1.63. The van der Waals surface area contributed by atoms with Crippen molar-refractivity contribution in [3.05, 3.63) is 33.5 Å². The number of carbonyl (C=O) groups is 1. The number of aromatic nitrogens is 2. The molecule has 0 bridgehead atoms. The number of ether oxygens (including phenoxy) is 1. The molecule has 1 aromatic carbocycles. The van der Waals surface area contributed by atoms with E-state index >= 15 is 0 Å². The van der Waals surface area contributed by atoms with Gasteiger partial charge in [0.05, 0.1) is 13.7 Å². The molecule has 1 aromatic heterocycles. The molecule has 0 unspecified atom stereocenters. The average molecular weight is 430 g/mol. The quantitative estimate of drug-likeness (QED) is 0.668. The average Bonchev–Trinajstić information content (AvgIpc) is 2.75. The van der Waals surface area contributed by atoms with Crippen LogP contribution in [0.3, 0.4) is 0 Å². The van der Waals surface area contributed by atoms with Crippen molar-refractivity contribution in [1.82, 2.24) is 9.55 Å². The highest BCUT2D eigenvalue weighted by Crippen LogP contribution is 2.31. The molecule has 0 spiro atoms. The minimum atomic E-state index is 0.185. The fraction of sp³-hybridized carbons (Fsp3) is 0.375. The Labute approximate surface area is 147 Å². The van der Waals surface area contributed by atoms with Crippen molar-refractivity contribution in [3.63, 3.8) is 0 Å². The number of carbonyl (C=O) groups excluding carboxylic acids is 1. The van der Waals surface area contributed by atoms with Crippen LogP contribution in [0.2, 0.25) is 0 Å².